The molecule has 19 heavy (non-hydrogen) atoms. The molecule has 1 nitrogen and oxygen atoms in total. The van der Waals surface area contributed by atoms with Crippen molar-refractivity contribution in [2.24, 2.45) is 0 Å². The van der Waals surface area contributed by atoms with Crippen molar-refractivity contribution in [1.82, 2.24) is 0 Å². The summed E-state index contributed by atoms with van der Waals surface area (Å²) in [5.41, 5.74) is 0. The van der Waals surface area contributed by atoms with Crippen LogP contribution < -0.4 is 0 Å². The van der Waals surface area contributed by atoms with E-state index >= 15 is 0 Å². The van der Waals surface area contributed by atoms with Crippen molar-refractivity contribution >= 4 is 0 Å². The molecule has 116 valence electrons. The molecule has 0 amide bonds. The Morgan fingerprint density at radius 3 is 1.84 bits per heavy atom. The fourth-order valence-corrected chi connectivity index (χ4v) is 1.16. The lowest BCUT2D eigenvalue weighted by Gasteiger charge is -2.28. The molecule has 0 aromatic rings. The van der Waals surface area contributed by atoms with Gasteiger partial charge in [0.05, 0.1) is 6.61 Å². The van der Waals surface area contributed by atoms with Gasteiger partial charge in [0.2, 0.25) is 0 Å². The SMILES string of the molecule is CCCCCCOC(F)(F)C(F)C(F)(F)C(F)(F)F. The van der Waals surface area contributed by atoms with Crippen LogP contribution >= 0.6 is 0 Å². The number of hydrogen-bond donors (Lipinski definition) is 0. The molecule has 0 heterocycles. The van der Waals surface area contributed by atoms with E-state index < -0.39 is 31.0 Å². The molecule has 0 aliphatic rings. The summed E-state index contributed by atoms with van der Waals surface area (Å²) in [7, 11) is 0. The van der Waals surface area contributed by atoms with Gasteiger partial charge in [0.25, 0.3) is 6.17 Å². The van der Waals surface area contributed by atoms with Crippen LogP contribution in [0, 0.1) is 0 Å². The zero-order valence-electron chi connectivity index (χ0n) is 10.0. The van der Waals surface area contributed by atoms with Crippen LogP contribution in [0.1, 0.15) is 32.6 Å². The van der Waals surface area contributed by atoms with E-state index in [0.29, 0.717) is 12.8 Å². The summed E-state index contributed by atoms with van der Waals surface area (Å²) in [5, 5.41) is 0. The van der Waals surface area contributed by atoms with Crippen LogP contribution in [0.3, 0.4) is 0 Å². The van der Waals surface area contributed by atoms with Crippen molar-refractivity contribution in [2.45, 2.75) is 57.0 Å². The summed E-state index contributed by atoms with van der Waals surface area (Å²) in [6.45, 7) is 1.03. The van der Waals surface area contributed by atoms with Crippen molar-refractivity contribution in [3.05, 3.63) is 0 Å². The molecule has 0 aromatic carbocycles. The van der Waals surface area contributed by atoms with Gasteiger partial charge in [-0.1, -0.05) is 26.2 Å². The molecule has 0 fully saturated rings. The number of ether oxygens (including phenoxy) is 1. The monoisotopic (exact) mass is 302 g/mol. The number of hydrogen-bond acceptors (Lipinski definition) is 1. The standard InChI is InChI=1S/C10H14F8O/c1-2-3-4-5-6-19-9(14,15)7(11)8(12,13)10(16,17)18/h7H,2-6H2,1H3. The molecule has 1 unspecified atom stereocenters. The molecular weight excluding hydrogens is 288 g/mol. The molecule has 0 saturated carbocycles. The van der Waals surface area contributed by atoms with Gasteiger partial charge in [-0.15, -0.1) is 0 Å². The second-order valence-corrected chi connectivity index (χ2v) is 3.95. The number of unbranched alkanes of at least 4 members (excludes halogenated alkanes) is 3. The number of rotatable bonds is 8. The zero-order valence-corrected chi connectivity index (χ0v) is 10.0. The molecule has 9 heteroatoms. The van der Waals surface area contributed by atoms with Crippen LogP contribution in [0.2, 0.25) is 0 Å². The minimum absolute atomic E-state index is 0.0216. The van der Waals surface area contributed by atoms with Gasteiger partial charge in [-0.2, -0.15) is 30.7 Å². The van der Waals surface area contributed by atoms with Crippen molar-refractivity contribution < 1.29 is 39.9 Å². The third-order valence-corrected chi connectivity index (χ3v) is 2.28. The number of alkyl halides is 8. The zero-order chi connectivity index (χ0) is 15.3. The molecule has 0 aliphatic heterocycles. The van der Waals surface area contributed by atoms with Crippen LogP contribution in [0.4, 0.5) is 35.1 Å². The lowest BCUT2D eigenvalue weighted by Crippen LogP contribution is -2.54. The highest BCUT2D eigenvalue weighted by atomic mass is 19.4. The maximum atomic E-state index is 12.8. The first-order chi connectivity index (χ1) is 8.47. The highest BCUT2D eigenvalue weighted by Gasteiger charge is 2.70. The van der Waals surface area contributed by atoms with Gasteiger partial charge >= 0.3 is 18.2 Å². The lowest BCUT2D eigenvalue weighted by molar-refractivity contribution is -0.370. The first kappa shape index (κ1) is 18.4. The number of halogens is 8. The minimum atomic E-state index is -6.40. The van der Waals surface area contributed by atoms with Crippen LogP contribution in [-0.2, 0) is 4.74 Å². The van der Waals surface area contributed by atoms with Crippen molar-refractivity contribution in [3.63, 3.8) is 0 Å². The van der Waals surface area contributed by atoms with Crippen LogP contribution in [0.25, 0.3) is 0 Å². The predicted molar refractivity (Wildman–Crippen MR) is 50.9 cm³/mol. The van der Waals surface area contributed by atoms with E-state index in [2.05, 4.69) is 4.74 Å². The van der Waals surface area contributed by atoms with E-state index in [-0.39, 0.29) is 6.42 Å². The van der Waals surface area contributed by atoms with E-state index in [4.69, 9.17) is 0 Å². The molecule has 0 radical (unpaired) electrons. The summed E-state index contributed by atoms with van der Waals surface area (Å²) in [6, 6.07) is 0. The van der Waals surface area contributed by atoms with Crippen molar-refractivity contribution in [2.75, 3.05) is 6.61 Å². The Morgan fingerprint density at radius 2 is 1.42 bits per heavy atom. The summed E-state index contributed by atoms with van der Waals surface area (Å²) in [5.74, 6) is -6.17. The quantitative estimate of drug-likeness (QED) is 0.466. The topological polar surface area (TPSA) is 9.23 Å². The average molecular weight is 302 g/mol. The van der Waals surface area contributed by atoms with E-state index in [0.717, 1.165) is 6.42 Å². The smallest absolute Gasteiger partial charge is 0.318 e. The normalized spacial score (nSPS) is 15.6. The Kier molecular flexibility index (Phi) is 6.50. The van der Waals surface area contributed by atoms with Gasteiger partial charge in [-0.25, -0.2) is 4.39 Å². The Bertz CT molecular complexity index is 263. The third kappa shape index (κ3) is 5.12. The highest BCUT2D eigenvalue weighted by Crippen LogP contribution is 2.45. The lowest BCUT2D eigenvalue weighted by atomic mass is 10.2. The van der Waals surface area contributed by atoms with Crippen molar-refractivity contribution in [1.29, 1.82) is 0 Å². The van der Waals surface area contributed by atoms with Crippen LogP contribution in [0.5, 0.6) is 0 Å². The van der Waals surface area contributed by atoms with Gasteiger partial charge in [0, 0.05) is 0 Å². The Morgan fingerprint density at radius 1 is 0.895 bits per heavy atom. The summed E-state index contributed by atoms with van der Waals surface area (Å²) in [4.78, 5) is 0. The maximum absolute atomic E-state index is 12.8. The first-order valence-electron chi connectivity index (χ1n) is 5.57. The second kappa shape index (κ2) is 6.71. The fraction of sp³-hybridized carbons (Fsp3) is 1.00. The Hall–Kier alpha value is -0.600. The summed E-state index contributed by atoms with van der Waals surface area (Å²) in [6.07, 6.45) is -14.5. The minimum Gasteiger partial charge on any atom is -0.318 e. The van der Waals surface area contributed by atoms with E-state index in [9.17, 15) is 35.1 Å². The second-order valence-electron chi connectivity index (χ2n) is 3.95. The largest absolute Gasteiger partial charge is 0.456 e. The molecule has 0 aromatic heterocycles. The van der Waals surface area contributed by atoms with E-state index in [1.165, 1.54) is 0 Å². The van der Waals surface area contributed by atoms with Gasteiger partial charge in [0.15, 0.2) is 0 Å². The van der Waals surface area contributed by atoms with Gasteiger partial charge < -0.3 is 4.74 Å². The average Bonchev–Trinajstić information content (AvgIpc) is 2.26. The Balaban J connectivity index is 4.47. The summed E-state index contributed by atoms with van der Waals surface area (Å²) >= 11 is 0. The third-order valence-electron chi connectivity index (χ3n) is 2.28. The molecule has 0 rings (SSSR count). The van der Waals surface area contributed by atoms with E-state index in [1.54, 1.807) is 0 Å². The molecule has 0 aliphatic carbocycles. The fourth-order valence-electron chi connectivity index (χ4n) is 1.16. The van der Waals surface area contributed by atoms with Gasteiger partial charge in [-0.3, -0.25) is 0 Å². The Labute approximate surface area is 104 Å². The van der Waals surface area contributed by atoms with Crippen molar-refractivity contribution in [3.8, 4) is 0 Å². The first-order valence-corrected chi connectivity index (χ1v) is 5.57. The molecule has 0 N–H and O–H groups in total. The predicted octanol–water partition coefficient (Wildman–Crippen LogP) is 4.71. The highest BCUT2D eigenvalue weighted by molar-refractivity contribution is 4.89. The van der Waals surface area contributed by atoms with Crippen LogP contribution in [0.15, 0.2) is 0 Å². The maximum Gasteiger partial charge on any atom is 0.456 e. The summed E-state index contributed by atoms with van der Waals surface area (Å²) < 4.78 is 102. The van der Waals surface area contributed by atoms with Crippen LogP contribution in [-0.4, -0.2) is 31.0 Å². The molecular formula is C10H14F8O. The molecule has 0 saturated heterocycles. The van der Waals surface area contributed by atoms with Gasteiger partial charge in [-0.05, 0) is 6.42 Å². The molecule has 0 bridgehead atoms. The van der Waals surface area contributed by atoms with Gasteiger partial charge in [0.1, 0.15) is 0 Å². The molecule has 0 spiro atoms. The molecule has 1 atom stereocenters. The van der Waals surface area contributed by atoms with E-state index in [1.807, 2.05) is 6.92 Å².